The van der Waals surface area contributed by atoms with Crippen molar-refractivity contribution in [2.24, 2.45) is 7.05 Å². The second-order valence-corrected chi connectivity index (χ2v) is 10.4. The normalized spacial score (nSPS) is 15.7. The molecule has 2 aromatic carbocycles. The van der Waals surface area contributed by atoms with Gasteiger partial charge in [0.05, 0.1) is 32.5 Å². The number of thiazole rings is 1. The van der Waals surface area contributed by atoms with E-state index in [2.05, 4.69) is 15.3 Å². The second kappa shape index (κ2) is 11.5. The summed E-state index contributed by atoms with van der Waals surface area (Å²) in [7, 11) is 1.75. The van der Waals surface area contributed by atoms with Crippen molar-refractivity contribution in [3.8, 4) is 6.01 Å². The Bertz CT molecular complexity index is 1470. The molecule has 0 saturated carbocycles. The summed E-state index contributed by atoms with van der Waals surface area (Å²) in [5, 5.41) is 2.61. The summed E-state index contributed by atoms with van der Waals surface area (Å²) in [6, 6.07) is 8.28. The van der Waals surface area contributed by atoms with Gasteiger partial charge in [-0.3, -0.25) is 14.3 Å². The van der Waals surface area contributed by atoms with Crippen LogP contribution in [-0.4, -0.2) is 51.1 Å². The van der Waals surface area contributed by atoms with Gasteiger partial charge in [0.15, 0.2) is 5.82 Å². The molecule has 1 N–H and O–H groups in total. The topological polar surface area (TPSA) is 72.3 Å². The van der Waals surface area contributed by atoms with Crippen molar-refractivity contribution in [1.82, 2.24) is 24.8 Å². The third-order valence-corrected chi connectivity index (χ3v) is 8.05. The van der Waals surface area contributed by atoms with Gasteiger partial charge in [-0.15, -0.1) is 11.3 Å². The number of para-hydroxylation sites is 1. The van der Waals surface area contributed by atoms with Crippen molar-refractivity contribution < 1.29 is 27.1 Å². The van der Waals surface area contributed by atoms with Crippen LogP contribution in [0.1, 0.15) is 46.2 Å². The largest absolute Gasteiger partial charge is 0.461 e. The number of aromatic nitrogens is 3. The zero-order chi connectivity index (χ0) is 27.7. The summed E-state index contributed by atoms with van der Waals surface area (Å²) in [5.74, 6) is -1.95. The molecule has 1 unspecified atom stereocenters. The third kappa shape index (κ3) is 5.59. The van der Waals surface area contributed by atoms with Crippen LogP contribution in [0.15, 0.2) is 41.9 Å². The van der Waals surface area contributed by atoms with Crippen LogP contribution in [-0.2, 0) is 7.05 Å². The minimum absolute atomic E-state index is 0.0464. The van der Waals surface area contributed by atoms with Crippen LogP contribution >= 0.6 is 22.9 Å². The molecule has 1 saturated heterocycles. The van der Waals surface area contributed by atoms with Crippen molar-refractivity contribution in [2.45, 2.75) is 31.4 Å². The molecule has 3 heterocycles. The second-order valence-electron chi connectivity index (χ2n) is 9.14. The van der Waals surface area contributed by atoms with E-state index in [1.54, 1.807) is 23.7 Å². The molecule has 206 valence electrons. The quantitative estimate of drug-likeness (QED) is 0.262. The number of rotatable bonds is 8. The lowest BCUT2D eigenvalue weighted by molar-refractivity contribution is 0.0644. The highest BCUT2D eigenvalue weighted by molar-refractivity contribution is 7.09. The number of piperidine rings is 1. The van der Waals surface area contributed by atoms with Gasteiger partial charge in [0.2, 0.25) is 0 Å². The van der Waals surface area contributed by atoms with E-state index in [4.69, 9.17) is 16.3 Å². The number of nitrogens with one attached hydrogen (secondary N) is 1. The van der Waals surface area contributed by atoms with E-state index < -0.39 is 30.0 Å². The fraction of sp³-hybridized carbons (Fsp3) is 0.346. The minimum atomic E-state index is -2.79. The lowest BCUT2D eigenvalue weighted by Crippen LogP contribution is -2.44. The molecule has 1 aliphatic heterocycles. The molecule has 0 bridgehead atoms. The van der Waals surface area contributed by atoms with E-state index in [0.717, 1.165) is 17.4 Å². The molecular weight excluding hydrogens is 558 g/mol. The van der Waals surface area contributed by atoms with Gasteiger partial charge < -0.3 is 10.1 Å². The molecule has 1 fully saturated rings. The number of carbonyl (C=O) groups is 1. The van der Waals surface area contributed by atoms with Crippen LogP contribution < -0.4 is 10.1 Å². The van der Waals surface area contributed by atoms with E-state index in [1.165, 1.54) is 23.7 Å². The van der Waals surface area contributed by atoms with Gasteiger partial charge in [0.1, 0.15) is 23.1 Å². The Hall–Kier alpha value is -3.22. The Labute approximate surface area is 230 Å². The zero-order valence-corrected chi connectivity index (χ0v) is 22.3. The standard InChI is InChI=1S/C26H24ClF4N5O2S/c1-35-18-7-3-6-17(29)21(18)34-26(35)38-14-8-10-36(11-9-14)19(23-22(24(30)31)33-13-39-23)12-32-25(37)20-15(27)4-2-5-16(20)28/h2-7,13-14,19,24H,8-12H2,1H3,(H,32,37). The highest BCUT2D eigenvalue weighted by Gasteiger charge is 2.33. The number of benzene rings is 2. The first-order valence-electron chi connectivity index (χ1n) is 12.2. The summed E-state index contributed by atoms with van der Waals surface area (Å²) in [6.07, 6.45) is -1.94. The first kappa shape index (κ1) is 27.4. The van der Waals surface area contributed by atoms with E-state index in [9.17, 15) is 22.4 Å². The Morgan fingerprint density at radius 3 is 2.59 bits per heavy atom. The van der Waals surface area contributed by atoms with Crippen molar-refractivity contribution in [1.29, 1.82) is 0 Å². The van der Waals surface area contributed by atoms with Crippen LogP contribution in [0.3, 0.4) is 0 Å². The van der Waals surface area contributed by atoms with Gasteiger partial charge in [0, 0.05) is 26.7 Å². The molecule has 5 rings (SSSR count). The number of aryl methyl sites for hydroxylation is 1. The van der Waals surface area contributed by atoms with Crippen molar-refractivity contribution in [3.63, 3.8) is 0 Å². The maximum absolute atomic E-state index is 14.3. The van der Waals surface area contributed by atoms with Crippen LogP contribution in [0.5, 0.6) is 6.01 Å². The van der Waals surface area contributed by atoms with E-state index >= 15 is 0 Å². The average Bonchev–Trinajstić information content (AvgIpc) is 3.51. The van der Waals surface area contributed by atoms with Crippen LogP contribution in [0.4, 0.5) is 17.6 Å². The van der Waals surface area contributed by atoms with E-state index in [0.29, 0.717) is 42.3 Å². The smallest absolute Gasteiger partial charge is 0.297 e. The van der Waals surface area contributed by atoms with Crippen LogP contribution in [0.25, 0.3) is 11.0 Å². The molecule has 4 aromatic rings. The van der Waals surface area contributed by atoms with Crippen molar-refractivity contribution in [3.05, 3.63) is 74.7 Å². The predicted octanol–water partition coefficient (Wildman–Crippen LogP) is 5.91. The van der Waals surface area contributed by atoms with Crippen LogP contribution in [0.2, 0.25) is 5.02 Å². The lowest BCUT2D eigenvalue weighted by Gasteiger charge is -2.37. The van der Waals surface area contributed by atoms with Gasteiger partial charge in [-0.1, -0.05) is 23.7 Å². The summed E-state index contributed by atoms with van der Waals surface area (Å²) in [5.41, 5.74) is 1.53. The summed E-state index contributed by atoms with van der Waals surface area (Å²) in [4.78, 5) is 23.2. The number of alkyl halides is 2. The Morgan fingerprint density at radius 1 is 1.18 bits per heavy atom. The van der Waals surface area contributed by atoms with Gasteiger partial charge in [-0.25, -0.2) is 22.5 Å². The number of carbonyl (C=O) groups excluding carboxylic acids is 1. The Balaban J connectivity index is 1.31. The van der Waals surface area contributed by atoms with Gasteiger partial charge in [-0.2, -0.15) is 4.98 Å². The Morgan fingerprint density at radius 2 is 1.90 bits per heavy atom. The fourth-order valence-electron chi connectivity index (χ4n) is 4.78. The summed E-state index contributed by atoms with van der Waals surface area (Å²) in [6.45, 7) is 0.871. The SMILES string of the molecule is Cn1c(OC2CCN(C(CNC(=O)c3c(F)cccc3Cl)c3scnc3C(F)F)CC2)nc2c(F)cccc21. The Kier molecular flexibility index (Phi) is 8.06. The van der Waals surface area contributed by atoms with Gasteiger partial charge >= 0.3 is 0 Å². The average molecular weight is 582 g/mol. The molecule has 1 atom stereocenters. The predicted molar refractivity (Wildman–Crippen MR) is 139 cm³/mol. The molecule has 0 radical (unpaired) electrons. The van der Waals surface area contributed by atoms with Gasteiger partial charge in [-0.05, 0) is 37.1 Å². The number of ether oxygens (including phenoxy) is 1. The maximum atomic E-state index is 14.3. The zero-order valence-electron chi connectivity index (χ0n) is 20.7. The summed E-state index contributed by atoms with van der Waals surface area (Å²) < 4.78 is 63.6. The van der Waals surface area contributed by atoms with E-state index in [1.807, 2.05) is 4.90 Å². The highest BCUT2D eigenvalue weighted by Crippen LogP contribution is 2.35. The molecule has 13 heteroatoms. The number of amides is 1. The molecular formula is C26H24ClF4N5O2S. The minimum Gasteiger partial charge on any atom is -0.461 e. The van der Waals surface area contributed by atoms with E-state index in [-0.39, 0.29) is 34.4 Å². The summed E-state index contributed by atoms with van der Waals surface area (Å²) >= 11 is 7.10. The third-order valence-electron chi connectivity index (χ3n) is 6.79. The number of hydrogen-bond acceptors (Lipinski definition) is 6. The molecule has 7 nitrogen and oxygen atoms in total. The lowest BCUT2D eigenvalue weighted by atomic mass is 10.0. The number of nitrogens with zero attached hydrogens (tertiary/aromatic N) is 4. The first-order valence-corrected chi connectivity index (χ1v) is 13.5. The maximum Gasteiger partial charge on any atom is 0.297 e. The molecule has 39 heavy (non-hydrogen) atoms. The van der Waals surface area contributed by atoms with Crippen molar-refractivity contribution in [2.75, 3.05) is 19.6 Å². The number of imidazole rings is 1. The fourth-order valence-corrected chi connectivity index (χ4v) is 5.96. The van der Waals surface area contributed by atoms with Crippen LogP contribution in [0, 0.1) is 11.6 Å². The highest BCUT2D eigenvalue weighted by atomic mass is 35.5. The number of halogens is 5. The van der Waals surface area contributed by atoms with Gasteiger partial charge in [0.25, 0.3) is 18.3 Å². The van der Waals surface area contributed by atoms with Crippen molar-refractivity contribution >= 4 is 39.9 Å². The number of likely N-dealkylation sites (tertiary alicyclic amines) is 1. The first-order chi connectivity index (χ1) is 18.7. The molecule has 2 aromatic heterocycles. The molecule has 0 aliphatic carbocycles. The molecule has 0 spiro atoms. The number of hydrogen-bond donors (Lipinski definition) is 1. The number of fused-ring (bicyclic) bond motifs is 1. The monoisotopic (exact) mass is 581 g/mol. The molecule has 1 aliphatic rings. The molecule has 1 amide bonds.